The van der Waals surface area contributed by atoms with E-state index in [4.69, 9.17) is 9.47 Å². The second kappa shape index (κ2) is 12.1. The van der Waals surface area contributed by atoms with Crippen molar-refractivity contribution >= 4 is 52.0 Å². The minimum absolute atomic E-state index is 0.109. The summed E-state index contributed by atoms with van der Waals surface area (Å²) in [6.45, 7) is 3.65. The fourth-order valence-corrected chi connectivity index (χ4v) is 3.89. The van der Waals surface area contributed by atoms with Gasteiger partial charge in [-0.25, -0.2) is 5.43 Å². The maximum Gasteiger partial charge on any atom is 0.271 e. The van der Waals surface area contributed by atoms with Gasteiger partial charge < -0.3 is 14.8 Å². The summed E-state index contributed by atoms with van der Waals surface area (Å²) in [7, 11) is 1.48. The van der Waals surface area contributed by atoms with Crippen LogP contribution in [0.1, 0.15) is 27.0 Å². The van der Waals surface area contributed by atoms with Crippen molar-refractivity contribution in [3.63, 3.8) is 0 Å². The number of halogens is 1. The Labute approximate surface area is 221 Å². The normalized spacial score (nSPS) is 10.7. The molecule has 0 spiro atoms. The van der Waals surface area contributed by atoms with E-state index >= 15 is 0 Å². The van der Waals surface area contributed by atoms with Crippen molar-refractivity contribution < 1.29 is 24.0 Å². The van der Waals surface area contributed by atoms with Crippen LogP contribution in [0, 0.1) is 27.5 Å². The first kappa shape index (κ1) is 26.6. The van der Waals surface area contributed by atoms with Gasteiger partial charge >= 0.3 is 0 Å². The number of carbonyl (C=O) groups is 2. The number of ether oxygens (including phenoxy) is 2. The second-order valence-corrected chi connectivity index (χ2v) is 8.85. The lowest BCUT2D eigenvalue weighted by atomic mass is 10.1. The van der Waals surface area contributed by atoms with E-state index in [1.165, 1.54) is 37.6 Å². The Kier molecular flexibility index (Phi) is 8.95. The first-order valence-corrected chi connectivity index (χ1v) is 11.7. The number of hydrogen-bond donors (Lipinski definition) is 2. The van der Waals surface area contributed by atoms with Gasteiger partial charge in [-0.05, 0) is 83.5 Å². The lowest BCUT2D eigenvalue weighted by Crippen LogP contribution is -2.21. The molecule has 10 nitrogen and oxygen atoms in total. The average molecular weight is 602 g/mol. The summed E-state index contributed by atoms with van der Waals surface area (Å²) in [5.74, 6) is -0.0235. The van der Waals surface area contributed by atoms with Gasteiger partial charge in [-0.15, -0.1) is 0 Å². The number of nitrogens with zero attached hydrogens (tertiary/aromatic N) is 2. The number of nitro groups is 1. The van der Waals surface area contributed by atoms with Crippen LogP contribution in [0.3, 0.4) is 0 Å². The highest BCUT2D eigenvalue weighted by Gasteiger charge is 2.14. The van der Waals surface area contributed by atoms with Gasteiger partial charge in [0.05, 0.1) is 21.8 Å². The summed E-state index contributed by atoms with van der Waals surface area (Å²) in [5, 5.41) is 17.5. The number of non-ortho nitro benzene ring substituents is 1. The van der Waals surface area contributed by atoms with Crippen LogP contribution in [0.5, 0.6) is 11.5 Å². The molecule has 0 aliphatic rings. The molecule has 2 N–H and O–H groups in total. The van der Waals surface area contributed by atoms with Crippen LogP contribution < -0.4 is 20.2 Å². The maximum absolute atomic E-state index is 12.4. The first-order chi connectivity index (χ1) is 17.2. The van der Waals surface area contributed by atoms with Gasteiger partial charge in [0.25, 0.3) is 17.5 Å². The molecule has 0 atom stereocenters. The summed E-state index contributed by atoms with van der Waals surface area (Å²) >= 11 is 2.06. The van der Waals surface area contributed by atoms with Crippen LogP contribution in [-0.2, 0) is 4.79 Å². The molecule has 0 saturated carbocycles. The predicted molar refractivity (Wildman–Crippen MR) is 144 cm³/mol. The Balaban J connectivity index is 1.63. The topological polar surface area (TPSA) is 132 Å². The van der Waals surface area contributed by atoms with Crippen LogP contribution in [0.2, 0.25) is 0 Å². The second-order valence-electron chi connectivity index (χ2n) is 7.69. The Morgan fingerprint density at radius 1 is 1.11 bits per heavy atom. The summed E-state index contributed by atoms with van der Waals surface area (Å²) in [6, 6.07) is 14.4. The molecule has 3 aromatic rings. The summed E-state index contributed by atoms with van der Waals surface area (Å²) < 4.78 is 11.8. The zero-order chi connectivity index (χ0) is 26.2. The van der Waals surface area contributed by atoms with Gasteiger partial charge in [0.1, 0.15) is 0 Å². The molecule has 0 aliphatic carbocycles. The lowest BCUT2D eigenvalue weighted by Gasteiger charge is -2.14. The van der Waals surface area contributed by atoms with E-state index in [2.05, 4.69) is 38.4 Å². The molecule has 186 valence electrons. The lowest BCUT2D eigenvalue weighted by molar-refractivity contribution is -0.384. The summed E-state index contributed by atoms with van der Waals surface area (Å²) in [5.41, 5.74) is 5.83. The third-order valence-electron chi connectivity index (χ3n) is 4.99. The number of hydrazone groups is 1. The van der Waals surface area contributed by atoms with E-state index in [1.807, 2.05) is 32.0 Å². The van der Waals surface area contributed by atoms with E-state index in [0.29, 0.717) is 20.6 Å². The number of benzene rings is 3. The number of hydrogen-bond acceptors (Lipinski definition) is 7. The molecule has 0 aromatic heterocycles. The zero-order valence-corrected chi connectivity index (χ0v) is 21.9. The maximum atomic E-state index is 12.4. The number of nitro benzene ring substituents is 1. The highest BCUT2D eigenvalue weighted by atomic mass is 127. The predicted octanol–water partition coefficient (Wildman–Crippen LogP) is 4.61. The van der Waals surface area contributed by atoms with Crippen molar-refractivity contribution in [2.24, 2.45) is 5.10 Å². The van der Waals surface area contributed by atoms with Crippen LogP contribution in [0.15, 0.2) is 59.7 Å². The van der Waals surface area contributed by atoms with Gasteiger partial charge in [0, 0.05) is 23.4 Å². The molecule has 0 aliphatic heterocycles. The standard InChI is InChI=1S/C25H23IN4O6/c1-15-4-5-16(2)21(10-15)28-23(31)14-36-24-20(26)11-17(12-22(24)35-3)13-27-29-25(32)18-6-8-19(9-7-18)30(33)34/h4-13H,14H2,1-3H3,(H,28,31)(H,29,32)/b27-13+. The Morgan fingerprint density at radius 2 is 1.83 bits per heavy atom. The molecule has 0 radical (unpaired) electrons. The molecule has 0 fully saturated rings. The number of aryl methyl sites for hydroxylation is 2. The van der Waals surface area contributed by atoms with Crippen molar-refractivity contribution in [1.29, 1.82) is 0 Å². The minimum Gasteiger partial charge on any atom is -0.493 e. The van der Waals surface area contributed by atoms with Gasteiger partial charge in [-0.2, -0.15) is 5.10 Å². The van der Waals surface area contributed by atoms with Gasteiger partial charge in [-0.3, -0.25) is 19.7 Å². The number of rotatable bonds is 9. The van der Waals surface area contributed by atoms with Crippen LogP contribution in [0.25, 0.3) is 0 Å². The van der Waals surface area contributed by atoms with E-state index in [9.17, 15) is 19.7 Å². The van der Waals surface area contributed by atoms with Crippen molar-refractivity contribution in [2.75, 3.05) is 19.0 Å². The molecule has 3 aromatic carbocycles. The van der Waals surface area contributed by atoms with Crippen molar-refractivity contribution in [2.45, 2.75) is 13.8 Å². The SMILES string of the molecule is COc1cc(/C=N/NC(=O)c2ccc([N+](=O)[O-])cc2)cc(I)c1OCC(=O)Nc1cc(C)ccc1C. The Hall–Kier alpha value is -4.00. The smallest absolute Gasteiger partial charge is 0.271 e. The van der Waals surface area contributed by atoms with E-state index in [0.717, 1.165) is 16.8 Å². The highest BCUT2D eigenvalue weighted by Crippen LogP contribution is 2.33. The van der Waals surface area contributed by atoms with Gasteiger partial charge in [-0.1, -0.05) is 12.1 Å². The molecular formula is C25H23IN4O6. The molecule has 36 heavy (non-hydrogen) atoms. The molecule has 2 amide bonds. The Bertz CT molecular complexity index is 1320. The fraction of sp³-hybridized carbons (Fsp3) is 0.160. The molecule has 0 heterocycles. The van der Waals surface area contributed by atoms with E-state index in [1.54, 1.807) is 12.1 Å². The van der Waals surface area contributed by atoms with Crippen molar-refractivity contribution in [3.8, 4) is 11.5 Å². The Morgan fingerprint density at radius 3 is 2.50 bits per heavy atom. The monoisotopic (exact) mass is 602 g/mol. The fourth-order valence-electron chi connectivity index (χ4n) is 3.11. The van der Waals surface area contributed by atoms with Crippen LogP contribution >= 0.6 is 22.6 Å². The third-order valence-corrected chi connectivity index (χ3v) is 5.79. The van der Waals surface area contributed by atoms with Crippen LogP contribution in [-0.4, -0.2) is 36.7 Å². The average Bonchev–Trinajstić information content (AvgIpc) is 2.85. The van der Waals surface area contributed by atoms with Crippen LogP contribution in [0.4, 0.5) is 11.4 Å². The molecule has 0 bridgehead atoms. The molecular weight excluding hydrogens is 579 g/mol. The number of amides is 2. The zero-order valence-electron chi connectivity index (χ0n) is 19.7. The van der Waals surface area contributed by atoms with Gasteiger partial charge in [0.2, 0.25) is 0 Å². The largest absolute Gasteiger partial charge is 0.493 e. The minimum atomic E-state index is -0.542. The third kappa shape index (κ3) is 7.01. The van der Waals surface area contributed by atoms with Gasteiger partial charge in [0.15, 0.2) is 18.1 Å². The molecule has 0 unspecified atom stereocenters. The number of methoxy groups -OCH3 is 1. The molecule has 11 heteroatoms. The first-order valence-electron chi connectivity index (χ1n) is 10.6. The van der Waals surface area contributed by atoms with E-state index < -0.39 is 10.8 Å². The number of nitrogens with one attached hydrogen (secondary N) is 2. The van der Waals surface area contributed by atoms with Crippen molar-refractivity contribution in [3.05, 3.63) is 90.5 Å². The highest BCUT2D eigenvalue weighted by molar-refractivity contribution is 14.1. The summed E-state index contributed by atoms with van der Waals surface area (Å²) in [6.07, 6.45) is 1.42. The molecule has 0 saturated heterocycles. The van der Waals surface area contributed by atoms with E-state index in [-0.39, 0.29) is 23.8 Å². The number of anilines is 1. The molecule has 3 rings (SSSR count). The summed E-state index contributed by atoms with van der Waals surface area (Å²) in [4.78, 5) is 34.8. The quantitative estimate of drug-likeness (QED) is 0.159. The van der Waals surface area contributed by atoms with Crippen molar-refractivity contribution in [1.82, 2.24) is 5.43 Å². The number of carbonyl (C=O) groups excluding carboxylic acids is 2.